The number of anilines is 3. The van der Waals surface area contributed by atoms with E-state index in [-0.39, 0.29) is 28.4 Å². The van der Waals surface area contributed by atoms with E-state index in [1.807, 2.05) is 11.3 Å². The van der Waals surface area contributed by atoms with Crippen LogP contribution in [0.3, 0.4) is 0 Å². The van der Waals surface area contributed by atoms with Gasteiger partial charge in [-0.25, -0.2) is 0 Å². The summed E-state index contributed by atoms with van der Waals surface area (Å²) in [5.74, 6) is 0.325. The van der Waals surface area contributed by atoms with E-state index >= 15 is 0 Å². The van der Waals surface area contributed by atoms with Crippen LogP contribution in [0.15, 0.2) is 164 Å². The minimum Gasteiger partial charge on any atom is -0.311 e. The van der Waals surface area contributed by atoms with Crippen LogP contribution in [-0.4, -0.2) is 6.71 Å². The van der Waals surface area contributed by atoms with Gasteiger partial charge in [-0.15, -0.1) is 11.3 Å². The Balaban J connectivity index is 1.05. The minimum atomic E-state index is 0.0687. The summed E-state index contributed by atoms with van der Waals surface area (Å²) in [7, 11) is 0. The maximum absolute atomic E-state index is 2.72. The topological polar surface area (TPSA) is 3.24 Å². The van der Waals surface area contributed by atoms with Gasteiger partial charge in [0.1, 0.15) is 0 Å². The minimum absolute atomic E-state index is 0.0687. The lowest BCUT2D eigenvalue weighted by Crippen LogP contribution is -2.55. The number of thiophene rings is 1. The van der Waals surface area contributed by atoms with Crippen molar-refractivity contribution in [1.29, 1.82) is 0 Å². The molecule has 0 atom stereocenters. The summed E-state index contributed by atoms with van der Waals surface area (Å²) < 4.78 is 2.69. The lowest BCUT2D eigenvalue weighted by Gasteiger charge is -2.45. The van der Waals surface area contributed by atoms with Gasteiger partial charge >= 0.3 is 0 Å². The highest BCUT2D eigenvalue weighted by Gasteiger charge is 2.47. The van der Waals surface area contributed by atoms with E-state index in [2.05, 4.69) is 224 Å². The molecular formula is C67H64BNS. The van der Waals surface area contributed by atoms with Crippen molar-refractivity contribution in [2.45, 2.75) is 121 Å². The largest absolute Gasteiger partial charge is 0.311 e. The number of rotatable bonds is 7. The highest BCUT2D eigenvalue weighted by atomic mass is 32.1. The SMILES string of the molecule is CC1(C)CCC(C)(C)c2cc(N3c4cc5c(cc4B4c6ccc(CCC(c7ccccc7)c7ccccc7)cc6-c6cc(-c7ccc8sc9ccccc9c8c7)cc3c64)C(C)(C)CCC5(C)C)ccc21. The fourth-order valence-corrected chi connectivity index (χ4v) is 14.6. The molecule has 0 bridgehead atoms. The lowest BCUT2D eigenvalue weighted by atomic mass is 9.36. The molecule has 8 aromatic carbocycles. The van der Waals surface area contributed by atoms with Gasteiger partial charge in [-0.1, -0.05) is 176 Å². The van der Waals surface area contributed by atoms with E-state index in [9.17, 15) is 0 Å². The Hall–Kier alpha value is -6.16. The van der Waals surface area contributed by atoms with Gasteiger partial charge in [0.15, 0.2) is 0 Å². The monoisotopic (exact) mass is 925 g/mol. The molecule has 346 valence electrons. The first-order valence-electron chi connectivity index (χ1n) is 26.1. The van der Waals surface area contributed by atoms with Crippen LogP contribution in [0.25, 0.3) is 42.4 Å². The summed E-state index contributed by atoms with van der Waals surface area (Å²) in [5, 5.41) is 2.69. The molecule has 3 heterocycles. The maximum atomic E-state index is 2.72. The third-order valence-electron chi connectivity index (χ3n) is 17.9. The van der Waals surface area contributed by atoms with Crippen molar-refractivity contribution in [3.05, 3.63) is 203 Å². The van der Waals surface area contributed by atoms with E-state index in [4.69, 9.17) is 0 Å². The van der Waals surface area contributed by atoms with Gasteiger partial charge in [0.25, 0.3) is 0 Å². The van der Waals surface area contributed by atoms with Crippen molar-refractivity contribution in [1.82, 2.24) is 0 Å². The van der Waals surface area contributed by atoms with E-state index in [1.54, 1.807) is 0 Å². The fraction of sp³-hybridized carbons (Fsp3) is 0.284. The molecule has 9 aromatic rings. The van der Waals surface area contributed by atoms with Gasteiger partial charge in [0.2, 0.25) is 6.71 Å². The second kappa shape index (κ2) is 15.7. The molecule has 0 unspecified atom stereocenters. The predicted molar refractivity (Wildman–Crippen MR) is 303 cm³/mol. The summed E-state index contributed by atoms with van der Waals surface area (Å²) in [6.07, 6.45) is 6.81. The third kappa shape index (κ3) is 6.85. The van der Waals surface area contributed by atoms with Gasteiger partial charge < -0.3 is 4.90 Å². The Morgan fingerprint density at radius 3 is 1.79 bits per heavy atom. The van der Waals surface area contributed by atoms with Gasteiger partial charge in [-0.3, -0.25) is 0 Å². The second-order valence-electron chi connectivity index (χ2n) is 24.1. The van der Waals surface area contributed by atoms with Crippen LogP contribution in [0.1, 0.15) is 132 Å². The average molecular weight is 926 g/mol. The number of nitrogens with zero attached hydrogens (tertiary/aromatic N) is 1. The van der Waals surface area contributed by atoms with Crippen LogP contribution < -0.4 is 21.3 Å². The van der Waals surface area contributed by atoms with Crippen LogP contribution in [0.2, 0.25) is 0 Å². The molecule has 0 fully saturated rings. The molecule has 0 amide bonds. The first-order chi connectivity index (χ1) is 33.6. The van der Waals surface area contributed by atoms with Crippen molar-refractivity contribution in [2.75, 3.05) is 4.90 Å². The van der Waals surface area contributed by atoms with E-state index < -0.39 is 0 Å². The molecule has 1 nitrogen and oxygen atoms in total. The molecule has 0 saturated carbocycles. The molecule has 0 saturated heterocycles. The van der Waals surface area contributed by atoms with Crippen LogP contribution >= 0.6 is 11.3 Å². The highest BCUT2D eigenvalue weighted by Crippen LogP contribution is 2.53. The molecule has 3 heteroatoms. The first-order valence-corrected chi connectivity index (χ1v) is 26.9. The zero-order valence-electron chi connectivity index (χ0n) is 42.3. The molecule has 2 aliphatic heterocycles. The molecular weight excluding hydrogens is 862 g/mol. The standard InChI is InChI=1S/C67H64BNS/c1-64(2)31-32-65(3,4)54-39-47(26-28-53(54)64)69-59-41-56-55(66(5,6)33-34-67(56,7)8)40-58(59)68-57-29-24-42(23-27-48(43-17-11-9-12-18-43)44-19-13-10-14-20-44)35-50(57)52-37-46(38-60(69)63(52)68)45-25-30-62-51(36-45)49-21-15-16-22-61(49)70-62/h9-22,24-26,28-30,35-41,48H,23,27,31-34H2,1-8H3. The summed E-state index contributed by atoms with van der Waals surface area (Å²) in [6, 6.07) is 64.1. The zero-order valence-corrected chi connectivity index (χ0v) is 43.2. The molecule has 0 spiro atoms. The number of hydrogen-bond donors (Lipinski definition) is 0. The van der Waals surface area contributed by atoms with Crippen LogP contribution in [0, 0.1) is 0 Å². The van der Waals surface area contributed by atoms with Crippen molar-refractivity contribution >= 4 is 71.7 Å². The molecule has 4 aliphatic rings. The van der Waals surface area contributed by atoms with E-state index in [0.29, 0.717) is 5.92 Å². The Morgan fingerprint density at radius 1 is 0.471 bits per heavy atom. The second-order valence-corrected chi connectivity index (χ2v) is 25.2. The van der Waals surface area contributed by atoms with Crippen molar-refractivity contribution in [3.8, 4) is 22.3 Å². The smallest absolute Gasteiger partial charge is 0.248 e. The predicted octanol–water partition coefficient (Wildman–Crippen LogP) is 16.5. The first kappa shape index (κ1) is 43.8. The van der Waals surface area contributed by atoms with E-state index in [0.717, 1.165) is 12.8 Å². The molecule has 1 aromatic heterocycles. The van der Waals surface area contributed by atoms with Crippen molar-refractivity contribution < 1.29 is 0 Å². The normalized spacial score (nSPS) is 17.6. The van der Waals surface area contributed by atoms with Gasteiger partial charge in [-0.2, -0.15) is 0 Å². The number of benzene rings is 8. The molecule has 0 N–H and O–H groups in total. The van der Waals surface area contributed by atoms with Crippen molar-refractivity contribution in [3.63, 3.8) is 0 Å². The Labute approximate surface area is 420 Å². The summed E-state index contributed by atoms with van der Waals surface area (Å²) in [6.45, 7) is 20.0. The zero-order chi connectivity index (χ0) is 47.9. The number of aryl methyl sites for hydroxylation is 1. The molecule has 2 aliphatic carbocycles. The lowest BCUT2D eigenvalue weighted by molar-refractivity contribution is 0.332. The quantitative estimate of drug-likeness (QED) is 0.144. The molecule has 0 radical (unpaired) electrons. The van der Waals surface area contributed by atoms with Gasteiger partial charge in [0, 0.05) is 43.2 Å². The summed E-state index contributed by atoms with van der Waals surface area (Å²) in [5.41, 5.74) is 24.3. The van der Waals surface area contributed by atoms with E-state index in [1.165, 1.54) is 141 Å². The number of hydrogen-bond acceptors (Lipinski definition) is 2. The van der Waals surface area contributed by atoms with Crippen LogP contribution in [-0.2, 0) is 28.1 Å². The number of fused-ring (bicyclic) bond motifs is 10. The Bertz CT molecular complexity index is 3530. The molecule has 70 heavy (non-hydrogen) atoms. The summed E-state index contributed by atoms with van der Waals surface area (Å²) >= 11 is 1.90. The van der Waals surface area contributed by atoms with Crippen LogP contribution in [0.4, 0.5) is 17.1 Å². The summed E-state index contributed by atoms with van der Waals surface area (Å²) in [4.78, 5) is 2.72. The Morgan fingerprint density at radius 2 is 1.09 bits per heavy atom. The van der Waals surface area contributed by atoms with Crippen molar-refractivity contribution in [2.24, 2.45) is 0 Å². The maximum Gasteiger partial charge on any atom is 0.248 e. The fourth-order valence-electron chi connectivity index (χ4n) is 13.5. The van der Waals surface area contributed by atoms with Crippen LogP contribution in [0.5, 0.6) is 0 Å². The highest BCUT2D eigenvalue weighted by molar-refractivity contribution is 7.25. The third-order valence-corrected chi connectivity index (χ3v) is 19.0. The Kier molecular flexibility index (Phi) is 9.81. The van der Waals surface area contributed by atoms with Gasteiger partial charge in [0.05, 0.1) is 0 Å². The van der Waals surface area contributed by atoms with Gasteiger partial charge in [-0.05, 0) is 181 Å². The molecule has 13 rings (SSSR count). The average Bonchev–Trinajstić information content (AvgIpc) is 3.90.